The second kappa shape index (κ2) is 7.20. The molecule has 0 amide bonds. The first kappa shape index (κ1) is 12.9. The molecule has 1 saturated heterocycles. The van der Waals surface area contributed by atoms with E-state index in [1.54, 1.807) is 0 Å². The molecular weight excluding hydrogens is 188 g/mol. The number of hydrogen-bond donors (Lipinski definition) is 1. The number of nitrogens with zero attached hydrogens (tertiary/aromatic N) is 1. The van der Waals surface area contributed by atoms with Crippen molar-refractivity contribution in [2.45, 2.75) is 45.7 Å². The van der Waals surface area contributed by atoms with E-state index in [-0.39, 0.29) is 0 Å². The summed E-state index contributed by atoms with van der Waals surface area (Å²) in [5.41, 5.74) is 0. The molecule has 0 aromatic rings. The SMILES string of the molecule is CCOCC(C)N1CCCNC(C)CC1. The largest absolute Gasteiger partial charge is 0.380 e. The third-order valence-electron chi connectivity index (χ3n) is 3.15. The quantitative estimate of drug-likeness (QED) is 0.767. The van der Waals surface area contributed by atoms with Gasteiger partial charge in [-0.3, -0.25) is 4.90 Å². The van der Waals surface area contributed by atoms with Crippen LogP contribution in [0.4, 0.5) is 0 Å². The van der Waals surface area contributed by atoms with Gasteiger partial charge in [-0.1, -0.05) is 0 Å². The fourth-order valence-electron chi connectivity index (χ4n) is 2.04. The van der Waals surface area contributed by atoms with E-state index in [0.717, 1.165) is 19.8 Å². The van der Waals surface area contributed by atoms with Crippen LogP contribution in [0.5, 0.6) is 0 Å². The van der Waals surface area contributed by atoms with Gasteiger partial charge in [0, 0.05) is 18.7 Å². The molecule has 1 N–H and O–H groups in total. The van der Waals surface area contributed by atoms with E-state index in [4.69, 9.17) is 4.74 Å². The van der Waals surface area contributed by atoms with Crippen LogP contribution in [-0.4, -0.2) is 49.8 Å². The maximum atomic E-state index is 5.49. The van der Waals surface area contributed by atoms with Crippen molar-refractivity contribution in [3.8, 4) is 0 Å². The van der Waals surface area contributed by atoms with Crippen LogP contribution in [0, 0.1) is 0 Å². The molecule has 2 atom stereocenters. The molecule has 0 aromatic heterocycles. The highest BCUT2D eigenvalue weighted by atomic mass is 16.5. The molecule has 0 radical (unpaired) electrons. The fraction of sp³-hybridized carbons (Fsp3) is 1.00. The number of nitrogens with one attached hydrogen (secondary N) is 1. The van der Waals surface area contributed by atoms with Crippen LogP contribution in [0.3, 0.4) is 0 Å². The third kappa shape index (κ3) is 4.96. The molecule has 1 heterocycles. The van der Waals surface area contributed by atoms with Gasteiger partial charge in [0.2, 0.25) is 0 Å². The number of ether oxygens (including phenoxy) is 1. The molecule has 1 aliphatic rings. The second-order valence-electron chi connectivity index (χ2n) is 4.54. The van der Waals surface area contributed by atoms with Crippen LogP contribution < -0.4 is 5.32 Å². The maximum Gasteiger partial charge on any atom is 0.0618 e. The lowest BCUT2D eigenvalue weighted by molar-refractivity contribution is 0.0682. The topological polar surface area (TPSA) is 24.5 Å². The van der Waals surface area contributed by atoms with E-state index in [0.29, 0.717) is 12.1 Å². The van der Waals surface area contributed by atoms with Crippen molar-refractivity contribution >= 4 is 0 Å². The predicted molar refractivity (Wildman–Crippen MR) is 64.2 cm³/mol. The van der Waals surface area contributed by atoms with Crippen LogP contribution >= 0.6 is 0 Å². The average Bonchev–Trinajstić information content (AvgIpc) is 2.21. The van der Waals surface area contributed by atoms with E-state index in [1.165, 1.54) is 25.9 Å². The first-order valence-electron chi connectivity index (χ1n) is 6.29. The molecule has 0 bridgehead atoms. The summed E-state index contributed by atoms with van der Waals surface area (Å²) in [5, 5.41) is 3.53. The summed E-state index contributed by atoms with van der Waals surface area (Å²) < 4.78 is 5.49. The molecule has 90 valence electrons. The Morgan fingerprint density at radius 1 is 1.47 bits per heavy atom. The summed E-state index contributed by atoms with van der Waals surface area (Å²) >= 11 is 0. The molecule has 0 aliphatic carbocycles. The van der Waals surface area contributed by atoms with E-state index in [2.05, 4.69) is 31.0 Å². The Labute approximate surface area is 94.2 Å². The van der Waals surface area contributed by atoms with Crippen LogP contribution in [0.25, 0.3) is 0 Å². The minimum absolute atomic E-state index is 0.565. The van der Waals surface area contributed by atoms with Gasteiger partial charge in [-0.15, -0.1) is 0 Å². The Bertz CT molecular complexity index is 164. The first-order chi connectivity index (χ1) is 7.24. The molecule has 0 aromatic carbocycles. The van der Waals surface area contributed by atoms with Crippen molar-refractivity contribution < 1.29 is 4.74 Å². The summed E-state index contributed by atoms with van der Waals surface area (Å²) in [5.74, 6) is 0. The normalized spacial score (nSPS) is 27.0. The standard InChI is InChI=1S/C12H26N2O/c1-4-15-10-12(3)14-8-5-7-13-11(2)6-9-14/h11-13H,4-10H2,1-3H3. The summed E-state index contributed by atoms with van der Waals surface area (Å²) in [6.45, 7) is 11.9. The van der Waals surface area contributed by atoms with Gasteiger partial charge >= 0.3 is 0 Å². The van der Waals surface area contributed by atoms with E-state index >= 15 is 0 Å². The van der Waals surface area contributed by atoms with Gasteiger partial charge in [-0.25, -0.2) is 0 Å². The minimum Gasteiger partial charge on any atom is -0.380 e. The molecule has 1 fully saturated rings. The van der Waals surface area contributed by atoms with Gasteiger partial charge in [0.05, 0.1) is 6.61 Å². The molecule has 0 spiro atoms. The number of rotatable bonds is 4. The van der Waals surface area contributed by atoms with Gasteiger partial charge in [-0.2, -0.15) is 0 Å². The predicted octanol–water partition coefficient (Wildman–Crippen LogP) is 1.49. The monoisotopic (exact) mass is 214 g/mol. The average molecular weight is 214 g/mol. The van der Waals surface area contributed by atoms with Crippen molar-refractivity contribution in [2.75, 3.05) is 32.8 Å². The Morgan fingerprint density at radius 3 is 3.00 bits per heavy atom. The van der Waals surface area contributed by atoms with Gasteiger partial charge in [0.1, 0.15) is 0 Å². The zero-order valence-corrected chi connectivity index (χ0v) is 10.5. The van der Waals surface area contributed by atoms with Crippen molar-refractivity contribution in [1.82, 2.24) is 10.2 Å². The lowest BCUT2D eigenvalue weighted by Crippen LogP contribution is -2.43. The first-order valence-corrected chi connectivity index (χ1v) is 6.29. The maximum absolute atomic E-state index is 5.49. The van der Waals surface area contributed by atoms with Crippen molar-refractivity contribution in [3.63, 3.8) is 0 Å². The Kier molecular flexibility index (Phi) is 6.22. The highest BCUT2D eigenvalue weighted by Crippen LogP contribution is 2.07. The molecule has 1 rings (SSSR count). The van der Waals surface area contributed by atoms with Crippen molar-refractivity contribution in [3.05, 3.63) is 0 Å². The molecule has 3 nitrogen and oxygen atoms in total. The third-order valence-corrected chi connectivity index (χ3v) is 3.15. The Balaban J connectivity index is 2.30. The van der Waals surface area contributed by atoms with Crippen LogP contribution in [0.1, 0.15) is 33.6 Å². The van der Waals surface area contributed by atoms with Crippen molar-refractivity contribution in [1.29, 1.82) is 0 Å². The van der Waals surface area contributed by atoms with Gasteiger partial charge in [0.15, 0.2) is 0 Å². The highest BCUT2D eigenvalue weighted by Gasteiger charge is 2.16. The molecular formula is C12H26N2O. The molecule has 1 aliphatic heterocycles. The van der Waals surface area contributed by atoms with Gasteiger partial charge in [0.25, 0.3) is 0 Å². The van der Waals surface area contributed by atoms with Crippen LogP contribution in [-0.2, 0) is 4.74 Å². The van der Waals surface area contributed by atoms with Gasteiger partial charge < -0.3 is 10.1 Å². The molecule has 0 saturated carbocycles. The molecule has 2 unspecified atom stereocenters. The van der Waals surface area contributed by atoms with Crippen molar-refractivity contribution in [2.24, 2.45) is 0 Å². The van der Waals surface area contributed by atoms with Crippen LogP contribution in [0.15, 0.2) is 0 Å². The summed E-state index contributed by atoms with van der Waals surface area (Å²) in [7, 11) is 0. The van der Waals surface area contributed by atoms with Gasteiger partial charge in [-0.05, 0) is 53.2 Å². The highest BCUT2D eigenvalue weighted by molar-refractivity contribution is 4.73. The second-order valence-corrected chi connectivity index (χ2v) is 4.54. The summed E-state index contributed by atoms with van der Waals surface area (Å²) in [6, 6.07) is 1.22. The van der Waals surface area contributed by atoms with E-state index < -0.39 is 0 Å². The lowest BCUT2D eigenvalue weighted by Gasteiger charge is -2.32. The summed E-state index contributed by atoms with van der Waals surface area (Å²) in [4.78, 5) is 2.56. The lowest BCUT2D eigenvalue weighted by atomic mass is 10.1. The zero-order valence-electron chi connectivity index (χ0n) is 10.5. The molecule has 3 heteroatoms. The zero-order chi connectivity index (χ0) is 11.1. The van der Waals surface area contributed by atoms with E-state index in [1.807, 2.05) is 0 Å². The van der Waals surface area contributed by atoms with Crippen LogP contribution in [0.2, 0.25) is 0 Å². The minimum atomic E-state index is 0.565. The smallest absolute Gasteiger partial charge is 0.0618 e. The number of hydrogen-bond acceptors (Lipinski definition) is 3. The Morgan fingerprint density at radius 2 is 2.27 bits per heavy atom. The van der Waals surface area contributed by atoms with E-state index in [9.17, 15) is 0 Å². The Hall–Kier alpha value is -0.120. The fourth-order valence-corrected chi connectivity index (χ4v) is 2.04. The molecule has 15 heavy (non-hydrogen) atoms. The summed E-state index contributed by atoms with van der Waals surface area (Å²) in [6.07, 6.45) is 2.50.